The number of nitrogens with one attached hydrogen (secondary N) is 3. The minimum atomic E-state index is -0.591. The Morgan fingerprint density at radius 3 is 2.67 bits per heavy atom. The Morgan fingerprint density at radius 1 is 1.26 bits per heavy atom. The largest absolute Gasteiger partial charge is 0.365 e. The maximum Gasteiger partial charge on any atom is 0.254 e. The number of nitrogens with two attached hydrogens (primary N) is 1. The second-order valence-electron chi connectivity index (χ2n) is 5.97. The van der Waals surface area contributed by atoms with Crippen molar-refractivity contribution in [3.8, 4) is 11.3 Å². The SMILES string of the molecule is CNC(C)CNc1ncc(C(N)=O)c(Nc2ccc(-c3cscn3)cc2)n1. The van der Waals surface area contributed by atoms with Gasteiger partial charge in [0.2, 0.25) is 5.95 Å². The van der Waals surface area contributed by atoms with Gasteiger partial charge in [0, 0.05) is 35.4 Å². The predicted octanol–water partition coefficient (Wildman–Crippen LogP) is 2.46. The van der Waals surface area contributed by atoms with Crippen LogP contribution in [0, 0.1) is 0 Å². The van der Waals surface area contributed by atoms with E-state index < -0.39 is 5.91 Å². The molecule has 2 heterocycles. The van der Waals surface area contributed by atoms with Gasteiger partial charge in [0.15, 0.2) is 0 Å². The van der Waals surface area contributed by atoms with Gasteiger partial charge < -0.3 is 21.7 Å². The zero-order valence-corrected chi connectivity index (χ0v) is 15.9. The summed E-state index contributed by atoms with van der Waals surface area (Å²) in [6, 6.07) is 7.96. The van der Waals surface area contributed by atoms with E-state index in [1.807, 2.05) is 43.6 Å². The van der Waals surface area contributed by atoms with Crippen LogP contribution in [0.3, 0.4) is 0 Å². The summed E-state index contributed by atoms with van der Waals surface area (Å²) in [6.07, 6.45) is 1.42. The zero-order chi connectivity index (χ0) is 19.2. The normalized spacial score (nSPS) is 11.8. The smallest absolute Gasteiger partial charge is 0.254 e. The summed E-state index contributed by atoms with van der Waals surface area (Å²) in [7, 11) is 1.88. The Hall–Kier alpha value is -3.04. The predicted molar refractivity (Wildman–Crippen MR) is 108 cm³/mol. The molecule has 8 nitrogen and oxygen atoms in total. The first-order valence-corrected chi connectivity index (χ1v) is 9.34. The second kappa shape index (κ2) is 8.56. The van der Waals surface area contributed by atoms with E-state index in [9.17, 15) is 4.79 Å². The number of anilines is 3. The molecular weight excluding hydrogens is 362 g/mol. The van der Waals surface area contributed by atoms with Crippen molar-refractivity contribution in [3.63, 3.8) is 0 Å². The van der Waals surface area contributed by atoms with Gasteiger partial charge in [0.05, 0.1) is 11.2 Å². The van der Waals surface area contributed by atoms with E-state index in [1.54, 1.807) is 16.8 Å². The minimum Gasteiger partial charge on any atom is -0.365 e. The molecule has 27 heavy (non-hydrogen) atoms. The number of likely N-dealkylation sites (N-methyl/N-ethyl adjacent to an activating group) is 1. The Labute approximate surface area is 161 Å². The molecule has 0 fully saturated rings. The summed E-state index contributed by atoms with van der Waals surface area (Å²) in [5.41, 5.74) is 10.2. The van der Waals surface area contributed by atoms with Gasteiger partial charge in [-0.1, -0.05) is 12.1 Å². The van der Waals surface area contributed by atoms with E-state index in [4.69, 9.17) is 5.73 Å². The molecule has 1 unspecified atom stereocenters. The van der Waals surface area contributed by atoms with Crippen LogP contribution in [0.15, 0.2) is 41.4 Å². The van der Waals surface area contributed by atoms with Crippen molar-refractivity contribution in [2.24, 2.45) is 5.73 Å². The fourth-order valence-electron chi connectivity index (χ4n) is 2.31. The van der Waals surface area contributed by atoms with Crippen LogP contribution in [0.1, 0.15) is 17.3 Å². The Bertz CT molecular complexity index is 897. The lowest BCUT2D eigenvalue weighted by Crippen LogP contribution is -2.30. The molecule has 2 aromatic heterocycles. The quantitative estimate of drug-likeness (QED) is 0.472. The molecule has 1 amide bonds. The number of nitrogens with zero attached hydrogens (tertiary/aromatic N) is 3. The molecule has 3 rings (SSSR count). The van der Waals surface area contributed by atoms with Gasteiger partial charge in [0.25, 0.3) is 5.91 Å². The molecule has 0 saturated carbocycles. The number of thiazole rings is 1. The average molecular weight is 383 g/mol. The monoisotopic (exact) mass is 383 g/mol. The van der Waals surface area contributed by atoms with Gasteiger partial charge >= 0.3 is 0 Å². The van der Waals surface area contributed by atoms with Crippen molar-refractivity contribution in [3.05, 3.63) is 46.9 Å². The summed E-state index contributed by atoms with van der Waals surface area (Å²) >= 11 is 1.55. The second-order valence-corrected chi connectivity index (χ2v) is 6.69. The highest BCUT2D eigenvalue weighted by Crippen LogP contribution is 2.24. The Kier molecular flexibility index (Phi) is 5.94. The van der Waals surface area contributed by atoms with E-state index in [0.29, 0.717) is 18.3 Å². The van der Waals surface area contributed by atoms with Crippen molar-refractivity contribution in [1.29, 1.82) is 0 Å². The van der Waals surface area contributed by atoms with Crippen LogP contribution >= 0.6 is 11.3 Å². The van der Waals surface area contributed by atoms with E-state index >= 15 is 0 Å². The van der Waals surface area contributed by atoms with Crippen LogP contribution < -0.4 is 21.7 Å². The highest BCUT2D eigenvalue weighted by Gasteiger charge is 2.13. The van der Waals surface area contributed by atoms with E-state index in [2.05, 4.69) is 30.9 Å². The number of benzene rings is 1. The summed E-state index contributed by atoms with van der Waals surface area (Å²) in [5.74, 6) is 0.189. The molecule has 0 saturated heterocycles. The molecule has 3 aromatic rings. The van der Waals surface area contributed by atoms with Gasteiger partial charge in [-0.3, -0.25) is 4.79 Å². The van der Waals surface area contributed by atoms with Crippen LogP contribution in [0.25, 0.3) is 11.3 Å². The van der Waals surface area contributed by atoms with Crippen molar-refractivity contribution in [1.82, 2.24) is 20.3 Å². The van der Waals surface area contributed by atoms with Crippen LogP contribution in [-0.2, 0) is 0 Å². The highest BCUT2D eigenvalue weighted by atomic mass is 32.1. The molecule has 0 radical (unpaired) electrons. The first-order chi connectivity index (χ1) is 13.1. The van der Waals surface area contributed by atoms with Crippen molar-refractivity contribution >= 4 is 34.7 Å². The molecule has 1 atom stereocenters. The molecule has 5 N–H and O–H groups in total. The van der Waals surface area contributed by atoms with Gasteiger partial charge in [-0.25, -0.2) is 9.97 Å². The number of aromatic nitrogens is 3. The first kappa shape index (κ1) is 18.7. The lowest BCUT2D eigenvalue weighted by Gasteiger charge is -2.14. The Morgan fingerprint density at radius 2 is 2.04 bits per heavy atom. The molecule has 1 aromatic carbocycles. The minimum absolute atomic E-state index is 0.228. The molecule has 0 aliphatic heterocycles. The fourth-order valence-corrected chi connectivity index (χ4v) is 2.87. The standard InChI is InChI=1S/C18H21N7OS/c1-11(20-2)7-21-18-22-8-14(16(19)26)17(25-18)24-13-5-3-12(4-6-13)15-9-27-10-23-15/h3-6,8-11,20H,7H2,1-2H3,(H2,19,26)(H2,21,22,24,25). The number of primary amides is 1. The fraction of sp³-hybridized carbons (Fsp3) is 0.222. The van der Waals surface area contributed by atoms with Crippen LogP contribution in [0.5, 0.6) is 0 Å². The van der Waals surface area contributed by atoms with E-state index in [-0.39, 0.29) is 11.6 Å². The van der Waals surface area contributed by atoms with E-state index in [1.165, 1.54) is 6.20 Å². The third-order valence-electron chi connectivity index (χ3n) is 3.99. The number of carbonyl (C=O) groups excluding carboxylic acids is 1. The van der Waals surface area contributed by atoms with Crippen molar-refractivity contribution < 1.29 is 4.79 Å². The number of hydrogen-bond acceptors (Lipinski definition) is 8. The van der Waals surface area contributed by atoms with Gasteiger partial charge in [-0.15, -0.1) is 11.3 Å². The van der Waals surface area contributed by atoms with E-state index in [0.717, 1.165) is 16.9 Å². The first-order valence-electron chi connectivity index (χ1n) is 8.40. The highest BCUT2D eigenvalue weighted by molar-refractivity contribution is 7.07. The molecule has 9 heteroatoms. The molecular formula is C18H21N7OS. The topological polar surface area (TPSA) is 118 Å². The number of carbonyl (C=O) groups is 1. The maximum atomic E-state index is 11.7. The summed E-state index contributed by atoms with van der Waals surface area (Å²) in [6.45, 7) is 2.68. The number of amides is 1. The Balaban J connectivity index is 1.80. The van der Waals surface area contributed by atoms with Gasteiger partial charge in [-0.05, 0) is 26.1 Å². The van der Waals surface area contributed by atoms with Crippen molar-refractivity contribution in [2.75, 3.05) is 24.2 Å². The van der Waals surface area contributed by atoms with Gasteiger partial charge in [0.1, 0.15) is 11.4 Å². The summed E-state index contributed by atoms with van der Waals surface area (Å²) in [5, 5.41) is 11.4. The third kappa shape index (κ3) is 4.78. The summed E-state index contributed by atoms with van der Waals surface area (Å²) in [4.78, 5) is 24.6. The lowest BCUT2D eigenvalue weighted by atomic mass is 10.1. The summed E-state index contributed by atoms with van der Waals surface area (Å²) < 4.78 is 0. The lowest BCUT2D eigenvalue weighted by molar-refractivity contribution is 0.100. The molecule has 0 bridgehead atoms. The number of hydrogen-bond donors (Lipinski definition) is 4. The van der Waals surface area contributed by atoms with Crippen LogP contribution in [0.2, 0.25) is 0 Å². The molecule has 140 valence electrons. The van der Waals surface area contributed by atoms with Crippen molar-refractivity contribution in [2.45, 2.75) is 13.0 Å². The molecule has 0 spiro atoms. The molecule has 0 aliphatic rings. The average Bonchev–Trinajstić information content (AvgIpc) is 3.21. The maximum absolute atomic E-state index is 11.7. The molecule has 0 aliphatic carbocycles. The van der Waals surface area contributed by atoms with Crippen LogP contribution in [-0.4, -0.2) is 40.5 Å². The van der Waals surface area contributed by atoms with Crippen LogP contribution in [0.4, 0.5) is 17.5 Å². The zero-order valence-electron chi connectivity index (χ0n) is 15.1. The third-order valence-corrected chi connectivity index (χ3v) is 4.58. The number of rotatable bonds is 8. The van der Waals surface area contributed by atoms with Gasteiger partial charge in [-0.2, -0.15) is 4.98 Å².